The van der Waals surface area contributed by atoms with Gasteiger partial charge in [-0.2, -0.15) is 0 Å². The second-order valence-electron chi connectivity index (χ2n) is 4.99. The van der Waals surface area contributed by atoms with Crippen LogP contribution in [0.3, 0.4) is 0 Å². The van der Waals surface area contributed by atoms with E-state index in [4.69, 9.17) is 0 Å². The molecule has 1 saturated heterocycles. The SMILES string of the molecule is O=C1SC(=Cc2ccc(O)cc2)C(=O)N1Cc1ccc(F)cc1. The van der Waals surface area contributed by atoms with Gasteiger partial charge in [0.05, 0.1) is 11.4 Å². The highest BCUT2D eigenvalue weighted by molar-refractivity contribution is 8.18. The summed E-state index contributed by atoms with van der Waals surface area (Å²) in [5.41, 5.74) is 1.40. The Bertz CT molecular complexity index is 784. The van der Waals surface area contributed by atoms with E-state index in [1.807, 2.05) is 0 Å². The summed E-state index contributed by atoms with van der Waals surface area (Å²) in [6.45, 7) is 0.109. The van der Waals surface area contributed by atoms with Crippen molar-refractivity contribution < 1.29 is 19.1 Å². The maximum absolute atomic E-state index is 12.9. The summed E-state index contributed by atoms with van der Waals surface area (Å²) in [5, 5.41) is 8.90. The molecule has 116 valence electrons. The quantitative estimate of drug-likeness (QED) is 0.871. The third kappa shape index (κ3) is 3.43. The molecule has 0 bridgehead atoms. The lowest BCUT2D eigenvalue weighted by molar-refractivity contribution is -0.123. The number of hydrogen-bond acceptors (Lipinski definition) is 4. The average molecular weight is 329 g/mol. The molecular formula is C17H12FNO3S. The number of halogens is 1. The number of hydrogen-bond donors (Lipinski definition) is 1. The van der Waals surface area contributed by atoms with Gasteiger partial charge in [0, 0.05) is 0 Å². The standard InChI is InChI=1S/C17H12FNO3S/c18-13-5-1-12(2-6-13)10-19-16(21)15(23-17(19)22)9-11-3-7-14(20)8-4-11/h1-9,20H,10H2. The summed E-state index contributed by atoms with van der Waals surface area (Å²) in [7, 11) is 0. The zero-order valence-electron chi connectivity index (χ0n) is 11.9. The maximum atomic E-state index is 12.9. The molecule has 0 aliphatic carbocycles. The van der Waals surface area contributed by atoms with E-state index in [-0.39, 0.29) is 29.3 Å². The molecule has 0 atom stereocenters. The fourth-order valence-electron chi connectivity index (χ4n) is 2.13. The predicted molar refractivity (Wildman–Crippen MR) is 86.0 cm³/mol. The van der Waals surface area contributed by atoms with Crippen LogP contribution in [0.1, 0.15) is 11.1 Å². The highest BCUT2D eigenvalue weighted by atomic mass is 32.2. The molecule has 1 aliphatic rings. The van der Waals surface area contributed by atoms with E-state index in [0.29, 0.717) is 10.5 Å². The minimum atomic E-state index is -0.377. The number of imide groups is 1. The molecule has 1 N–H and O–H groups in total. The Morgan fingerprint density at radius 1 is 1.04 bits per heavy atom. The number of carbonyl (C=O) groups is 2. The highest BCUT2D eigenvalue weighted by Crippen LogP contribution is 2.33. The lowest BCUT2D eigenvalue weighted by Crippen LogP contribution is -2.27. The Kier molecular flexibility index (Phi) is 4.16. The van der Waals surface area contributed by atoms with Gasteiger partial charge < -0.3 is 5.11 Å². The van der Waals surface area contributed by atoms with Gasteiger partial charge in [0.15, 0.2) is 0 Å². The number of rotatable bonds is 3. The fourth-order valence-corrected chi connectivity index (χ4v) is 2.97. The van der Waals surface area contributed by atoms with Crippen LogP contribution in [0.4, 0.5) is 9.18 Å². The molecule has 23 heavy (non-hydrogen) atoms. The number of phenolic OH excluding ortho intramolecular Hbond substituents is 1. The minimum Gasteiger partial charge on any atom is -0.508 e. The molecule has 6 heteroatoms. The van der Waals surface area contributed by atoms with Crippen LogP contribution < -0.4 is 0 Å². The Morgan fingerprint density at radius 3 is 2.35 bits per heavy atom. The Hall–Kier alpha value is -2.60. The van der Waals surface area contributed by atoms with E-state index in [1.165, 1.54) is 24.3 Å². The molecule has 0 aromatic heterocycles. The van der Waals surface area contributed by atoms with Crippen LogP contribution in [0.2, 0.25) is 0 Å². The molecule has 0 unspecified atom stereocenters. The molecule has 2 amide bonds. The van der Waals surface area contributed by atoms with Crippen molar-refractivity contribution in [2.75, 3.05) is 0 Å². The van der Waals surface area contributed by atoms with Gasteiger partial charge in [-0.1, -0.05) is 24.3 Å². The smallest absolute Gasteiger partial charge is 0.293 e. The second kappa shape index (κ2) is 6.26. The van der Waals surface area contributed by atoms with Crippen LogP contribution in [-0.2, 0) is 11.3 Å². The normalized spacial score (nSPS) is 16.4. The molecular weight excluding hydrogens is 317 g/mol. The third-order valence-electron chi connectivity index (χ3n) is 3.32. The number of nitrogens with zero attached hydrogens (tertiary/aromatic N) is 1. The first-order valence-electron chi connectivity index (χ1n) is 6.82. The van der Waals surface area contributed by atoms with Gasteiger partial charge in [-0.05, 0) is 53.2 Å². The van der Waals surface area contributed by atoms with Crippen molar-refractivity contribution in [1.29, 1.82) is 0 Å². The number of thioether (sulfide) groups is 1. The van der Waals surface area contributed by atoms with Gasteiger partial charge in [-0.25, -0.2) is 4.39 Å². The van der Waals surface area contributed by atoms with Crippen molar-refractivity contribution in [2.45, 2.75) is 6.54 Å². The van der Waals surface area contributed by atoms with E-state index >= 15 is 0 Å². The van der Waals surface area contributed by atoms with Crippen molar-refractivity contribution in [2.24, 2.45) is 0 Å². The van der Waals surface area contributed by atoms with E-state index in [0.717, 1.165) is 22.2 Å². The molecule has 0 radical (unpaired) electrons. The topological polar surface area (TPSA) is 57.6 Å². The lowest BCUT2D eigenvalue weighted by atomic mass is 10.2. The van der Waals surface area contributed by atoms with E-state index < -0.39 is 0 Å². The first-order valence-corrected chi connectivity index (χ1v) is 7.63. The van der Waals surface area contributed by atoms with Gasteiger partial charge in [0.2, 0.25) is 0 Å². The van der Waals surface area contributed by atoms with Crippen LogP contribution in [-0.4, -0.2) is 21.2 Å². The summed E-state index contributed by atoms with van der Waals surface area (Å²) >= 11 is 0.865. The van der Waals surface area contributed by atoms with E-state index in [9.17, 15) is 19.1 Å². The van der Waals surface area contributed by atoms with Gasteiger partial charge in [-0.3, -0.25) is 14.5 Å². The summed E-state index contributed by atoms with van der Waals surface area (Å²) in [5.74, 6) is -0.612. The lowest BCUT2D eigenvalue weighted by Gasteiger charge is -2.12. The number of phenols is 1. The highest BCUT2D eigenvalue weighted by Gasteiger charge is 2.34. The van der Waals surface area contributed by atoms with Crippen LogP contribution in [0.25, 0.3) is 6.08 Å². The van der Waals surface area contributed by atoms with Crippen molar-refractivity contribution in [3.63, 3.8) is 0 Å². The molecule has 2 aromatic carbocycles. The Morgan fingerprint density at radius 2 is 1.70 bits per heavy atom. The summed E-state index contributed by atoms with van der Waals surface area (Å²) < 4.78 is 12.9. The molecule has 1 heterocycles. The van der Waals surface area contributed by atoms with Crippen molar-refractivity contribution in [1.82, 2.24) is 4.90 Å². The van der Waals surface area contributed by atoms with Gasteiger partial charge in [0.25, 0.3) is 11.1 Å². The summed E-state index contributed by atoms with van der Waals surface area (Å²) in [6, 6.07) is 12.0. The number of amides is 2. The van der Waals surface area contributed by atoms with Gasteiger partial charge in [-0.15, -0.1) is 0 Å². The molecule has 2 aromatic rings. The van der Waals surface area contributed by atoms with Crippen molar-refractivity contribution in [3.05, 3.63) is 70.4 Å². The predicted octanol–water partition coefficient (Wildman–Crippen LogP) is 3.77. The third-order valence-corrected chi connectivity index (χ3v) is 4.23. The maximum Gasteiger partial charge on any atom is 0.293 e. The molecule has 1 aliphatic heterocycles. The molecule has 0 spiro atoms. The fraction of sp³-hybridized carbons (Fsp3) is 0.0588. The van der Waals surface area contributed by atoms with Crippen LogP contribution in [0, 0.1) is 5.82 Å². The number of carbonyl (C=O) groups excluding carboxylic acids is 2. The monoisotopic (exact) mass is 329 g/mol. The van der Waals surface area contributed by atoms with E-state index in [2.05, 4.69) is 0 Å². The van der Waals surface area contributed by atoms with Gasteiger partial charge in [0.1, 0.15) is 11.6 Å². The molecule has 0 saturated carbocycles. The summed E-state index contributed by atoms with van der Waals surface area (Å²) in [6.07, 6.45) is 1.61. The van der Waals surface area contributed by atoms with E-state index in [1.54, 1.807) is 30.3 Å². The number of benzene rings is 2. The Labute approximate surface area is 136 Å². The molecule has 1 fully saturated rings. The van der Waals surface area contributed by atoms with Crippen LogP contribution in [0.5, 0.6) is 5.75 Å². The molecule has 4 nitrogen and oxygen atoms in total. The summed E-state index contributed by atoms with van der Waals surface area (Å²) in [4.78, 5) is 25.8. The molecule has 3 rings (SSSR count). The average Bonchev–Trinajstić information content (AvgIpc) is 2.79. The minimum absolute atomic E-state index is 0.109. The van der Waals surface area contributed by atoms with Crippen molar-refractivity contribution in [3.8, 4) is 5.75 Å². The van der Waals surface area contributed by atoms with Crippen molar-refractivity contribution >= 4 is 29.0 Å². The second-order valence-corrected chi connectivity index (χ2v) is 5.98. The van der Waals surface area contributed by atoms with Crippen LogP contribution in [0.15, 0.2) is 53.4 Å². The first kappa shape index (κ1) is 15.3. The van der Waals surface area contributed by atoms with Crippen LogP contribution >= 0.6 is 11.8 Å². The number of aromatic hydroxyl groups is 1. The largest absolute Gasteiger partial charge is 0.508 e. The zero-order valence-corrected chi connectivity index (χ0v) is 12.7. The Balaban J connectivity index is 1.79. The van der Waals surface area contributed by atoms with Gasteiger partial charge >= 0.3 is 0 Å². The zero-order chi connectivity index (χ0) is 16.4. The first-order chi connectivity index (χ1) is 11.0.